The summed E-state index contributed by atoms with van der Waals surface area (Å²) in [6.45, 7) is 2.15. The van der Waals surface area contributed by atoms with Crippen molar-refractivity contribution < 1.29 is 9.53 Å². The highest BCUT2D eigenvalue weighted by molar-refractivity contribution is 7.98. The lowest BCUT2D eigenvalue weighted by atomic mass is 10.00. The number of carbonyl (C=O) groups is 1. The maximum Gasteiger partial charge on any atom is 0.217 e. The molecule has 1 amide bonds. The van der Waals surface area contributed by atoms with Crippen LogP contribution in [0.5, 0.6) is 5.88 Å². The van der Waals surface area contributed by atoms with Crippen molar-refractivity contribution in [2.75, 3.05) is 19.9 Å². The van der Waals surface area contributed by atoms with Gasteiger partial charge in [-0.15, -0.1) is 11.8 Å². The molecule has 4 nitrogen and oxygen atoms in total. The summed E-state index contributed by atoms with van der Waals surface area (Å²) in [6, 6.07) is 12.7. The van der Waals surface area contributed by atoms with Crippen LogP contribution in [-0.4, -0.2) is 30.8 Å². The minimum Gasteiger partial charge on any atom is -0.481 e. The standard InChI is InChI=1S/C22H26N2O2S/c1-15(25)23-14-4-5-19(16-8-10-18(27-3)11-9-16)21-13-12-20(17-6-7-17)22(24-21)26-2/h5,8-13,17H,4,6-7,14H2,1-3H3,(H,23,25)/b19-5-. The third-order valence-electron chi connectivity index (χ3n) is 4.64. The predicted octanol–water partition coefficient (Wildman–Crippen LogP) is 4.65. The second-order valence-corrected chi connectivity index (χ2v) is 7.57. The fourth-order valence-electron chi connectivity index (χ4n) is 3.08. The van der Waals surface area contributed by atoms with Crippen LogP contribution in [0.25, 0.3) is 5.57 Å². The molecule has 0 radical (unpaired) electrons. The fraction of sp³-hybridized carbons (Fsp3) is 0.364. The van der Waals surface area contributed by atoms with E-state index in [1.165, 1.54) is 30.2 Å². The summed E-state index contributed by atoms with van der Waals surface area (Å²) < 4.78 is 5.57. The molecule has 0 bridgehead atoms. The molecule has 27 heavy (non-hydrogen) atoms. The minimum atomic E-state index is -0.0112. The summed E-state index contributed by atoms with van der Waals surface area (Å²) in [5.74, 6) is 1.31. The molecule has 1 N–H and O–H groups in total. The lowest BCUT2D eigenvalue weighted by molar-refractivity contribution is -0.118. The van der Waals surface area contributed by atoms with Crippen LogP contribution in [0.15, 0.2) is 47.4 Å². The number of rotatable bonds is 8. The van der Waals surface area contributed by atoms with Crippen LogP contribution in [0, 0.1) is 0 Å². The number of nitrogens with one attached hydrogen (secondary N) is 1. The highest BCUT2D eigenvalue weighted by Gasteiger charge is 2.27. The smallest absolute Gasteiger partial charge is 0.217 e. The van der Waals surface area contributed by atoms with Gasteiger partial charge in [-0.2, -0.15) is 0 Å². The second kappa shape index (κ2) is 9.09. The first-order chi connectivity index (χ1) is 13.1. The van der Waals surface area contributed by atoms with Gasteiger partial charge in [0.25, 0.3) is 0 Å². The topological polar surface area (TPSA) is 51.2 Å². The molecule has 0 spiro atoms. The molecular formula is C22H26N2O2S. The number of aromatic nitrogens is 1. The number of amides is 1. The molecular weight excluding hydrogens is 356 g/mol. The summed E-state index contributed by atoms with van der Waals surface area (Å²) >= 11 is 1.73. The highest BCUT2D eigenvalue weighted by atomic mass is 32.2. The maximum absolute atomic E-state index is 11.1. The van der Waals surface area contributed by atoms with Gasteiger partial charge < -0.3 is 10.1 Å². The summed E-state index contributed by atoms with van der Waals surface area (Å²) in [7, 11) is 1.69. The van der Waals surface area contributed by atoms with Crippen LogP contribution in [0.4, 0.5) is 0 Å². The van der Waals surface area contributed by atoms with Crippen LogP contribution in [0.3, 0.4) is 0 Å². The summed E-state index contributed by atoms with van der Waals surface area (Å²) in [4.78, 5) is 17.2. The van der Waals surface area contributed by atoms with Crippen molar-refractivity contribution >= 4 is 23.2 Å². The van der Waals surface area contributed by atoms with Gasteiger partial charge in [-0.25, -0.2) is 4.98 Å². The molecule has 0 aliphatic heterocycles. The second-order valence-electron chi connectivity index (χ2n) is 6.69. The molecule has 1 aliphatic rings. The van der Waals surface area contributed by atoms with Gasteiger partial charge in [-0.3, -0.25) is 4.79 Å². The van der Waals surface area contributed by atoms with E-state index >= 15 is 0 Å². The van der Waals surface area contributed by atoms with Crippen molar-refractivity contribution in [3.05, 3.63) is 59.3 Å². The van der Waals surface area contributed by atoms with E-state index in [0.29, 0.717) is 12.5 Å². The predicted molar refractivity (Wildman–Crippen MR) is 111 cm³/mol. The third kappa shape index (κ3) is 5.13. The number of ether oxygens (including phenoxy) is 1. The van der Waals surface area contributed by atoms with Crippen LogP contribution >= 0.6 is 11.8 Å². The van der Waals surface area contributed by atoms with Crippen LogP contribution in [-0.2, 0) is 4.79 Å². The van der Waals surface area contributed by atoms with Crippen molar-refractivity contribution in [2.24, 2.45) is 0 Å². The Balaban J connectivity index is 1.92. The molecule has 1 aromatic heterocycles. The van der Waals surface area contributed by atoms with Gasteiger partial charge in [-0.05, 0) is 55.2 Å². The summed E-state index contributed by atoms with van der Waals surface area (Å²) in [5, 5.41) is 2.84. The van der Waals surface area contributed by atoms with E-state index in [9.17, 15) is 4.79 Å². The average Bonchev–Trinajstić information content (AvgIpc) is 3.53. The monoisotopic (exact) mass is 382 g/mol. The number of hydrogen-bond acceptors (Lipinski definition) is 4. The summed E-state index contributed by atoms with van der Waals surface area (Å²) in [6.07, 6.45) is 7.39. The zero-order valence-electron chi connectivity index (χ0n) is 16.1. The van der Waals surface area contributed by atoms with E-state index in [4.69, 9.17) is 9.72 Å². The Bertz CT molecular complexity index is 827. The molecule has 1 aromatic carbocycles. The minimum absolute atomic E-state index is 0.0112. The van der Waals surface area contributed by atoms with E-state index in [0.717, 1.165) is 29.1 Å². The lowest BCUT2D eigenvalue weighted by Crippen LogP contribution is -2.20. The van der Waals surface area contributed by atoms with Gasteiger partial charge in [0.15, 0.2) is 0 Å². The van der Waals surface area contributed by atoms with Gasteiger partial charge in [0, 0.05) is 29.5 Å². The summed E-state index contributed by atoms with van der Waals surface area (Å²) in [5.41, 5.74) is 4.28. The molecule has 1 aliphatic carbocycles. The molecule has 142 valence electrons. The van der Waals surface area contributed by atoms with Crippen LogP contribution in [0.2, 0.25) is 0 Å². The van der Waals surface area contributed by atoms with Crippen LogP contribution < -0.4 is 10.1 Å². The molecule has 0 unspecified atom stereocenters. The molecule has 2 aromatic rings. The Morgan fingerprint density at radius 1 is 1.26 bits per heavy atom. The van der Waals surface area contributed by atoms with Gasteiger partial charge in [0.2, 0.25) is 11.8 Å². The first-order valence-corrected chi connectivity index (χ1v) is 10.5. The Labute approximate surface area is 165 Å². The van der Waals surface area contributed by atoms with Crippen molar-refractivity contribution in [1.82, 2.24) is 10.3 Å². The largest absolute Gasteiger partial charge is 0.481 e. The molecule has 1 fully saturated rings. The van der Waals surface area contributed by atoms with Crippen molar-refractivity contribution in [1.29, 1.82) is 0 Å². The zero-order valence-corrected chi connectivity index (χ0v) is 16.9. The van der Waals surface area contributed by atoms with Gasteiger partial charge in [-0.1, -0.05) is 24.3 Å². The lowest BCUT2D eigenvalue weighted by Gasteiger charge is -2.13. The normalized spacial score (nSPS) is 14.1. The number of methoxy groups -OCH3 is 1. The number of carbonyl (C=O) groups excluding carboxylic acids is 1. The Morgan fingerprint density at radius 3 is 2.59 bits per heavy atom. The van der Waals surface area contributed by atoms with Gasteiger partial charge in [0.1, 0.15) is 0 Å². The molecule has 1 heterocycles. The first kappa shape index (κ1) is 19.5. The number of thioether (sulfide) groups is 1. The number of nitrogens with zero attached hydrogens (tertiary/aromatic N) is 1. The number of benzene rings is 1. The molecule has 3 rings (SSSR count). The molecule has 5 heteroatoms. The Morgan fingerprint density at radius 2 is 2.00 bits per heavy atom. The van der Waals surface area contributed by atoms with Crippen molar-refractivity contribution in [3.63, 3.8) is 0 Å². The van der Waals surface area contributed by atoms with Crippen molar-refractivity contribution in [2.45, 2.75) is 37.0 Å². The van der Waals surface area contributed by atoms with Crippen molar-refractivity contribution in [3.8, 4) is 5.88 Å². The number of hydrogen-bond donors (Lipinski definition) is 1. The van der Waals surface area contributed by atoms with E-state index < -0.39 is 0 Å². The fourth-order valence-corrected chi connectivity index (χ4v) is 3.48. The van der Waals surface area contributed by atoms with Gasteiger partial charge in [0.05, 0.1) is 12.8 Å². The SMILES string of the molecule is COc1nc(/C(=C\CCNC(C)=O)c2ccc(SC)cc2)ccc1C1CC1. The highest BCUT2D eigenvalue weighted by Crippen LogP contribution is 2.44. The Kier molecular flexibility index (Phi) is 6.56. The zero-order chi connectivity index (χ0) is 19.2. The molecule has 0 atom stereocenters. The number of pyridine rings is 1. The van der Waals surface area contributed by atoms with E-state index in [2.05, 4.69) is 54.0 Å². The molecule has 0 saturated heterocycles. The maximum atomic E-state index is 11.1. The molecule has 1 saturated carbocycles. The quantitative estimate of drug-likeness (QED) is 0.533. The van der Waals surface area contributed by atoms with Gasteiger partial charge >= 0.3 is 0 Å². The Hall–Kier alpha value is -2.27. The first-order valence-electron chi connectivity index (χ1n) is 9.26. The van der Waals surface area contributed by atoms with E-state index in [-0.39, 0.29) is 5.91 Å². The van der Waals surface area contributed by atoms with E-state index in [1.807, 2.05) is 0 Å². The average molecular weight is 383 g/mol. The van der Waals surface area contributed by atoms with Crippen LogP contribution in [0.1, 0.15) is 48.9 Å². The third-order valence-corrected chi connectivity index (χ3v) is 5.39. The van der Waals surface area contributed by atoms with E-state index in [1.54, 1.807) is 18.9 Å².